The quantitative estimate of drug-likeness (QED) is 0.738. The van der Waals surface area contributed by atoms with E-state index in [-0.39, 0.29) is 0 Å². The van der Waals surface area contributed by atoms with E-state index >= 15 is 0 Å². The molecule has 1 aromatic heterocycles. The smallest absolute Gasteiger partial charge is 0.125 e. The Morgan fingerprint density at radius 1 is 1.54 bits per heavy atom. The summed E-state index contributed by atoms with van der Waals surface area (Å²) in [6, 6.07) is 0.435. The lowest BCUT2D eigenvalue weighted by Gasteiger charge is -2.12. The Morgan fingerprint density at radius 3 is 2.92 bits per heavy atom. The van der Waals surface area contributed by atoms with Gasteiger partial charge in [-0.25, -0.2) is 4.98 Å². The van der Waals surface area contributed by atoms with Crippen molar-refractivity contribution >= 4 is 16.9 Å². The third-order valence-electron chi connectivity index (χ3n) is 1.93. The molecule has 1 aromatic rings. The van der Waals surface area contributed by atoms with E-state index in [1.807, 2.05) is 13.1 Å². The molecule has 0 aromatic carbocycles. The fourth-order valence-electron chi connectivity index (χ4n) is 1.19. The molecule has 1 atom stereocenters. The first-order chi connectivity index (χ1) is 6.25. The Hall–Kier alpha value is -1.09. The van der Waals surface area contributed by atoms with E-state index in [2.05, 4.69) is 34.8 Å². The van der Waals surface area contributed by atoms with Crippen LogP contribution in [0.5, 0.6) is 0 Å². The van der Waals surface area contributed by atoms with Crippen LogP contribution in [0.3, 0.4) is 0 Å². The van der Waals surface area contributed by atoms with Crippen LogP contribution in [0.25, 0.3) is 5.57 Å². The van der Waals surface area contributed by atoms with Crippen LogP contribution in [0, 0.1) is 6.92 Å². The van der Waals surface area contributed by atoms with Crippen molar-refractivity contribution in [3.05, 3.63) is 34.4 Å². The van der Waals surface area contributed by atoms with Gasteiger partial charge < -0.3 is 5.32 Å². The zero-order valence-corrected chi connectivity index (χ0v) is 8.56. The molecule has 0 saturated carbocycles. The normalized spacial score (nSPS) is 21.1. The van der Waals surface area contributed by atoms with E-state index in [1.54, 1.807) is 11.3 Å². The van der Waals surface area contributed by atoms with Gasteiger partial charge in [-0.3, -0.25) is 0 Å². The van der Waals surface area contributed by atoms with Crippen LogP contribution in [0.2, 0.25) is 0 Å². The van der Waals surface area contributed by atoms with E-state index in [0.29, 0.717) is 6.04 Å². The summed E-state index contributed by atoms with van der Waals surface area (Å²) >= 11 is 1.69. The molecule has 1 N–H and O–H groups in total. The van der Waals surface area contributed by atoms with Crippen molar-refractivity contribution in [1.29, 1.82) is 0 Å². The van der Waals surface area contributed by atoms with Crippen molar-refractivity contribution in [3.8, 4) is 0 Å². The lowest BCUT2D eigenvalue weighted by atomic mass is 10.1. The van der Waals surface area contributed by atoms with Crippen LogP contribution in [-0.4, -0.2) is 11.0 Å². The van der Waals surface area contributed by atoms with E-state index in [0.717, 1.165) is 10.7 Å². The van der Waals surface area contributed by atoms with Crippen LogP contribution in [0.4, 0.5) is 0 Å². The highest BCUT2D eigenvalue weighted by Gasteiger charge is 2.07. The molecule has 68 valence electrons. The number of hydrogen-bond acceptors (Lipinski definition) is 3. The molecular formula is C10H12N2S. The molecule has 13 heavy (non-hydrogen) atoms. The molecule has 0 amide bonds. The summed E-state index contributed by atoms with van der Waals surface area (Å²) in [5, 5.41) is 6.42. The van der Waals surface area contributed by atoms with Crippen LogP contribution in [0.1, 0.15) is 17.6 Å². The summed E-state index contributed by atoms with van der Waals surface area (Å²) in [6.45, 7) is 4.14. The Kier molecular flexibility index (Phi) is 2.19. The molecule has 2 nitrogen and oxygen atoms in total. The third-order valence-corrected chi connectivity index (χ3v) is 2.94. The first-order valence-electron chi connectivity index (χ1n) is 4.32. The van der Waals surface area contributed by atoms with Gasteiger partial charge in [-0.2, -0.15) is 0 Å². The number of hydrogen-bond donors (Lipinski definition) is 1. The number of nitrogens with zero attached hydrogens (tertiary/aromatic N) is 1. The van der Waals surface area contributed by atoms with Gasteiger partial charge in [-0.15, -0.1) is 11.3 Å². The summed E-state index contributed by atoms with van der Waals surface area (Å²) in [5.74, 6) is 0. The molecule has 3 heteroatoms. The topological polar surface area (TPSA) is 24.9 Å². The number of nitrogens with one attached hydrogen (secondary N) is 1. The maximum Gasteiger partial charge on any atom is 0.125 e. The minimum Gasteiger partial charge on any atom is -0.384 e. The highest BCUT2D eigenvalue weighted by atomic mass is 32.1. The largest absolute Gasteiger partial charge is 0.384 e. The van der Waals surface area contributed by atoms with Gasteiger partial charge in [0.05, 0.1) is 0 Å². The molecule has 0 aliphatic carbocycles. The van der Waals surface area contributed by atoms with Crippen LogP contribution in [0.15, 0.2) is 23.7 Å². The summed E-state index contributed by atoms with van der Waals surface area (Å²) in [6.07, 6.45) is 6.30. The predicted molar refractivity (Wildman–Crippen MR) is 56.6 cm³/mol. The number of thiazole rings is 1. The average molecular weight is 192 g/mol. The first kappa shape index (κ1) is 8.51. The average Bonchev–Trinajstić information content (AvgIpc) is 2.53. The highest BCUT2D eigenvalue weighted by Crippen LogP contribution is 2.21. The zero-order valence-electron chi connectivity index (χ0n) is 7.74. The van der Waals surface area contributed by atoms with Gasteiger partial charge in [0.15, 0.2) is 0 Å². The second kappa shape index (κ2) is 3.34. The monoisotopic (exact) mass is 192 g/mol. The van der Waals surface area contributed by atoms with E-state index in [9.17, 15) is 0 Å². The minimum atomic E-state index is 0.435. The summed E-state index contributed by atoms with van der Waals surface area (Å²) in [7, 11) is 0. The standard InChI is InChI=1S/C10H12N2S/c1-7-3-4-9(5-11-7)10-12-8(2)6-13-10/h3-7,11H,1-2H3. The van der Waals surface area contributed by atoms with Gasteiger partial charge >= 0.3 is 0 Å². The highest BCUT2D eigenvalue weighted by molar-refractivity contribution is 7.10. The Bertz CT molecular complexity index is 363. The number of allylic oxidation sites excluding steroid dienone is 2. The van der Waals surface area contributed by atoms with E-state index in [4.69, 9.17) is 0 Å². The van der Waals surface area contributed by atoms with Crippen molar-refractivity contribution < 1.29 is 0 Å². The fraction of sp³-hybridized carbons (Fsp3) is 0.300. The second-order valence-corrected chi connectivity index (χ2v) is 4.07. The van der Waals surface area contributed by atoms with Gasteiger partial charge in [0.1, 0.15) is 5.01 Å². The number of rotatable bonds is 1. The van der Waals surface area contributed by atoms with Crippen molar-refractivity contribution in [2.24, 2.45) is 0 Å². The van der Waals surface area contributed by atoms with Crippen molar-refractivity contribution in [1.82, 2.24) is 10.3 Å². The number of aryl methyl sites for hydroxylation is 1. The molecule has 0 bridgehead atoms. The SMILES string of the molecule is Cc1csc(C2=CNC(C)C=C2)n1. The predicted octanol–water partition coefficient (Wildman–Crippen LogP) is 2.34. The van der Waals surface area contributed by atoms with Gasteiger partial charge in [-0.1, -0.05) is 12.2 Å². The second-order valence-electron chi connectivity index (χ2n) is 3.21. The summed E-state index contributed by atoms with van der Waals surface area (Å²) in [4.78, 5) is 4.42. The van der Waals surface area contributed by atoms with E-state index < -0.39 is 0 Å². The van der Waals surface area contributed by atoms with Gasteiger partial charge in [-0.05, 0) is 13.8 Å². The first-order valence-corrected chi connectivity index (χ1v) is 5.20. The lowest BCUT2D eigenvalue weighted by molar-refractivity contribution is 0.764. The van der Waals surface area contributed by atoms with Crippen LogP contribution >= 0.6 is 11.3 Å². The van der Waals surface area contributed by atoms with Crippen LogP contribution in [-0.2, 0) is 0 Å². The molecule has 1 aliphatic heterocycles. The third kappa shape index (κ3) is 1.80. The van der Waals surface area contributed by atoms with Crippen molar-refractivity contribution in [3.63, 3.8) is 0 Å². The molecule has 0 spiro atoms. The molecule has 1 aliphatic rings. The molecule has 2 heterocycles. The minimum absolute atomic E-state index is 0.435. The maximum atomic E-state index is 4.42. The molecule has 2 rings (SSSR count). The Labute approximate surface area is 82.0 Å². The summed E-state index contributed by atoms with van der Waals surface area (Å²) in [5.41, 5.74) is 2.27. The number of aromatic nitrogens is 1. The Morgan fingerprint density at radius 2 is 2.38 bits per heavy atom. The number of dihydropyridines is 1. The molecule has 0 fully saturated rings. The van der Waals surface area contributed by atoms with Gasteiger partial charge in [0.2, 0.25) is 0 Å². The molecule has 1 unspecified atom stereocenters. The van der Waals surface area contributed by atoms with E-state index in [1.165, 1.54) is 5.57 Å². The van der Waals surface area contributed by atoms with Gasteiger partial charge in [0, 0.05) is 28.9 Å². The Balaban J connectivity index is 2.24. The molecular weight excluding hydrogens is 180 g/mol. The van der Waals surface area contributed by atoms with Crippen LogP contribution < -0.4 is 5.32 Å². The zero-order chi connectivity index (χ0) is 9.26. The lowest BCUT2D eigenvalue weighted by Crippen LogP contribution is -2.20. The molecule has 0 radical (unpaired) electrons. The summed E-state index contributed by atoms with van der Waals surface area (Å²) < 4.78 is 0. The maximum absolute atomic E-state index is 4.42. The van der Waals surface area contributed by atoms with Crippen molar-refractivity contribution in [2.75, 3.05) is 0 Å². The van der Waals surface area contributed by atoms with Gasteiger partial charge in [0.25, 0.3) is 0 Å². The fourth-order valence-corrected chi connectivity index (χ4v) is 1.99. The van der Waals surface area contributed by atoms with Crippen molar-refractivity contribution in [2.45, 2.75) is 19.9 Å². The molecule has 0 saturated heterocycles.